The topological polar surface area (TPSA) is 72.5 Å². The number of benzene rings is 2. The molecule has 0 aliphatic rings. The Balaban J connectivity index is 2.00. The molecule has 0 spiro atoms. The van der Waals surface area contributed by atoms with Crippen molar-refractivity contribution in [3.05, 3.63) is 70.8 Å². The van der Waals surface area contributed by atoms with Crippen molar-refractivity contribution >= 4 is 17.7 Å². The molecule has 0 radical (unpaired) electrons. The van der Waals surface area contributed by atoms with Gasteiger partial charge in [0.25, 0.3) is 0 Å². The number of carbonyl (C=O) groups excluding carboxylic acids is 3. The lowest BCUT2D eigenvalue weighted by Gasteiger charge is -2.18. The van der Waals surface area contributed by atoms with Crippen LogP contribution in [-0.2, 0) is 14.3 Å². The molecular formula is C23H27NO4. The Morgan fingerprint density at radius 3 is 2.39 bits per heavy atom. The lowest BCUT2D eigenvalue weighted by Crippen LogP contribution is -2.31. The van der Waals surface area contributed by atoms with Gasteiger partial charge in [0, 0.05) is 18.4 Å². The molecule has 0 bridgehead atoms. The van der Waals surface area contributed by atoms with Crippen LogP contribution in [0.1, 0.15) is 59.3 Å². The fourth-order valence-corrected chi connectivity index (χ4v) is 2.99. The predicted octanol–water partition coefficient (Wildman–Crippen LogP) is 4.08. The number of nitrogens with one attached hydrogen (secondary N) is 1. The maximum absolute atomic E-state index is 12.5. The second-order valence-corrected chi connectivity index (χ2v) is 6.78. The molecule has 2 rings (SSSR count). The molecule has 0 heterocycles. The van der Waals surface area contributed by atoms with Gasteiger partial charge in [0.2, 0.25) is 5.91 Å². The first-order valence-corrected chi connectivity index (χ1v) is 9.51. The van der Waals surface area contributed by atoms with E-state index in [0.29, 0.717) is 12.2 Å². The number of aryl methyl sites for hydroxylation is 2. The summed E-state index contributed by atoms with van der Waals surface area (Å²) in [6, 6.07) is 14.5. The Hall–Kier alpha value is -2.95. The summed E-state index contributed by atoms with van der Waals surface area (Å²) in [5.41, 5.74) is 3.39. The number of hydrogen-bond acceptors (Lipinski definition) is 4. The van der Waals surface area contributed by atoms with Crippen LogP contribution < -0.4 is 5.32 Å². The first-order chi connectivity index (χ1) is 13.4. The molecule has 5 nitrogen and oxygen atoms in total. The van der Waals surface area contributed by atoms with Gasteiger partial charge >= 0.3 is 5.97 Å². The summed E-state index contributed by atoms with van der Waals surface area (Å²) in [6.45, 7) is 5.85. The molecule has 0 aliphatic carbocycles. The van der Waals surface area contributed by atoms with Crippen molar-refractivity contribution in [2.75, 3.05) is 6.61 Å². The molecule has 0 saturated heterocycles. The average Bonchev–Trinajstić information content (AvgIpc) is 2.68. The monoisotopic (exact) mass is 381 g/mol. The Bertz CT molecular complexity index is 830. The summed E-state index contributed by atoms with van der Waals surface area (Å²) in [5, 5.41) is 2.86. The molecule has 0 saturated carbocycles. The normalized spacial score (nSPS) is 11.5. The van der Waals surface area contributed by atoms with E-state index in [1.54, 1.807) is 6.92 Å². The van der Waals surface area contributed by atoms with Crippen LogP contribution >= 0.6 is 0 Å². The van der Waals surface area contributed by atoms with Crippen molar-refractivity contribution in [3.63, 3.8) is 0 Å². The van der Waals surface area contributed by atoms with Crippen LogP contribution in [0.3, 0.4) is 0 Å². The van der Waals surface area contributed by atoms with Crippen molar-refractivity contribution in [2.45, 2.75) is 46.1 Å². The molecule has 0 aromatic heterocycles. The summed E-state index contributed by atoms with van der Waals surface area (Å²) < 4.78 is 5.01. The number of rotatable bonds is 9. The average molecular weight is 381 g/mol. The van der Waals surface area contributed by atoms with Gasteiger partial charge in [-0.15, -0.1) is 0 Å². The van der Waals surface area contributed by atoms with Crippen LogP contribution in [-0.4, -0.2) is 24.3 Å². The van der Waals surface area contributed by atoms with E-state index in [1.807, 2.05) is 62.4 Å². The second kappa shape index (κ2) is 10.4. The number of amides is 1. The molecule has 0 fully saturated rings. The minimum absolute atomic E-state index is 0.0501. The van der Waals surface area contributed by atoms with Gasteiger partial charge in [0.15, 0.2) is 5.78 Å². The number of Topliss-reactive ketones (excluding diaryl/α,β-unsaturated/α-hetero) is 1. The van der Waals surface area contributed by atoms with E-state index in [4.69, 9.17) is 4.74 Å². The number of esters is 1. The molecule has 1 amide bonds. The van der Waals surface area contributed by atoms with Gasteiger partial charge in [-0.1, -0.05) is 48.0 Å². The van der Waals surface area contributed by atoms with Gasteiger partial charge in [0.05, 0.1) is 19.1 Å². The van der Waals surface area contributed by atoms with Crippen molar-refractivity contribution < 1.29 is 19.1 Å². The maximum Gasteiger partial charge on any atom is 0.308 e. The first kappa shape index (κ1) is 21.4. The number of ether oxygens (including phenoxy) is 1. The quantitative estimate of drug-likeness (QED) is 0.525. The van der Waals surface area contributed by atoms with E-state index in [2.05, 4.69) is 5.32 Å². The van der Waals surface area contributed by atoms with Crippen LogP contribution in [0.5, 0.6) is 0 Å². The molecule has 1 unspecified atom stereocenters. The third-order valence-electron chi connectivity index (χ3n) is 4.49. The van der Waals surface area contributed by atoms with Crippen molar-refractivity contribution in [1.29, 1.82) is 0 Å². The first-order valence-electron chi connectivity index (χ1n) is 9.51. The summed E-state index contributed by atoms with van der Waals surface area (Å²) in [4.78, 5) is 36.8. The molecule has 0 aliphatic heterocycles. The Labute approximate surface area is 166 Å². The highest BCUT2D eigenvalue weighted by Gasteiger charge is 2.20. The van der Waals surface area contributed by atoms with Crippen molar-refractivity contribution in [1.82, 2.24) is 5.32 Å². The van der Waals surface area contributed by atoms with Crippen molar-refractivity contribution in [2.24, 2.45) is 0 Å². The standard InChI is InChI=1S/C23H27NO4/c1-4-28-23(27)15-20(18-8-6-5-7-9-18)24-22(26)13-12-21(25)19-14-16(2)10-11-17(19)3/h5-11,14,20H,4,12-13,15H2,1-3H3,(H,24,26). The largest absolute Gasteiger partial charge is 0.466 e. The van der Waals surface area contributed by atoms with E-state index in [1.165, 1.54) is 0 Å². The van der Waals surface area contributed by atoms with Crippen LogP contribution in [0.15, 0.2) is 48.5 Å². The fraction of sp³-hybridized carbons (Fsp3) is 0.348. The third-order valence-corrected chi connectivity index (χ3v) is 4.49. The van der Waals surface area contributed by atoms with Gasteiger partial charge in [0.1, 0.15) is 0 Å². The van der Waals surface area contributed by atoms with Crippen LogP contribution in [0.25, 0.3) is 0 Å². The summed E-state index contributed by atoms with van der Waals surface area (Å²) in [5.74, 6) is -0.696. The minimum atomic E-state index is -0.483. The molecule has 5 heteroatoms. The van der Waals surface area contributed by atoms with Gasteiger partial charge < -0.3 is 10.1 Å². The van der Waals surface area contributed by atoms with E-state index >= 15 is 0 Å². The molecule has 2 aromatic rings. The molecule has 28 heavy (non-hydrogen) atoms. The third kappa shape index (κ3) is 6.34. The molecule has 2 aromatic carbocycles. The van der Waals surface area contributed by atoms with Gasteiger partial charge in [-0.2, -0.15) is 0 Å². The van der Waals surface area contributed by atoms with Crippen LogP contribution in [0.2, 0.25) is 0 Å². The van der Waals surface area contributed by atoms with Gasteiger partial charge in [-0.05, 0) is 38.0 Å². The Morgan fingerprint density at radius 2 is 1.71 bits per heavy atom. The highest BCUT2D eigenvalue weighted by Crippen LogP contribution is 2.18. The highest BCUT2D eigenvalue weighted by atomic mass is 16.5. The molecule has 1 N–H and O–H groups in total. The summed E-state index contributed by atoms with van der Waals surface area (Å²) in [6.07, 6.45) is 0.240. The smallest absolute Gasteiger partial charge is 0.308 e. The van der Waals surface area contributed by atoms with Crippen LogP contribution in [0, 0.1) is 13.8 Å². The van der Waals surface area contributed by atoms with Gasteiger partial charge in [-0.3, -0.25) is 14.4 Å². The van der Waals surface area contributed by atoms with E-state index in [0.717, 1.165) is 16.7 Å². The number of carbonyl (C=O) groups is 3. The van der Waals surface area contributed by atoms with E-state index in [-0.39, 0.29) is 36.9 Å². The Morgan fingerprint density at radius 1 is 1.00 bits per heavy atom. The zero-order valence-corrected chi connectivity index (χ0v) is 16.7. The van der Waals surface area contributed by atoms with E-state index < -0.39 is 6.04 Å². The summed E-state index contributed by atoms with van der Waals surface area (Å²) >= 11 is 0. The zero-order valence-electron chi connectivity index (χ0n) is 16.7. The van der Waals surface area contributed by atoms with E-state index in [9.17, 15) is 14.4 Å². The second-order valence-electron chi connectivity index (χ2n) is 6.78. The molecule has 1 atom stereocenters. The zero-order chi connectivity index (χ0) is 20.5. The predicted molar refractivity (Wildman–Crippen MR) is 108 cm³/mol. The van der Waals surface area contributed by atoms with Gasteiger partial charge in [-0.25, -0.2) is 0 Å². The number of ketones is 1. The number of hydrogen-bond donors (Lipinski definition) is 1. The lowest BCUT2D eigenvalue weighted by molar-refractivity contribution is -0.143. The van der Waals surface area contributed by atoms with Crippen molar-refractivity contribution in [3.8, 4) is 0 Å². The summed E-state index contributed by atoms with van der Waals surface area (Å²) in [7, 11) is 0. The highest BCUT2D eigenvalue weighted by molar-refractivity contribution is 5.99. The minimum Gasteiger partial charge on any atom is -0.466 e. The SMILES string of the molecule is CCOC(=O)CC(NC(=O)CCC(=O)c1cc(C)ccc1C)c1ccccc1. The lowest BCUT2D eigenvalue weighted by atomic mass is 9.99. The maximum atomic E-state index is 12.5. The fourth-order valence-electron chi connectivity index (χ4n) is 2.99. The van der Waals surface area contributed by atoms with Crippen LogP contribution in [0.4, 0.5) is 0 Å². The molecule has 148 valence electrons. The molecular weight excluding hydrogens is 354 g/mol. The Kier molecular flexibility index (Phi) is 7.93.